The van der Waals surface area contributed by atoms with Gasteiger partial charge in [0.2, 0.25) is 0 Å². The minimum atomic E-state index is -0.488. The van der Waals surface area contributed by atoms with Crippen LogP contribution in [-0.4, -0.2) is 86.5 Å². The van der Waals surface area contributed by atoms with Crippen molar-refractivity contribution in [1.29, 1.82) is 0 Å². The fourth-order valence-electron chi connectivity index (χ4n) is 6.72. The van der Waals surface area contributed by atoms with Gasteiger partial charge in [0.25, 0.3) is 0 Å². The summed E-state index contributed by atoms with van der Waals surface area (Å²) in [6.07, 6.45) is 4.57. The number of piperazine rings is 1. The van der Waals surface area contributed by atoms with Gasteiger partial charge in [0.15, 0.2) is 0 Å². The van der Waals surface area contributed by atoms with E-state index in [9.17, 15) is 5.11 Å². The molecule has 0 aromatic heterocycles. The largest absolute Gasteiger partial charge is 0.491 e. The van der Waals surface area contributed by atoms with Gasteiger partial charge in [0.05, 0.1) is 0 Å². The number of hydrogen-bond acceptors (Lipinski definition) is 6. The molecule has 0 bridgehead atoms. The summed E-state index contributed by atoms with van der Waals surface area (Å²) in [5, 5.41) is 14.6. The molecule has 0 spiro atoms. The topological polar surface area (TPSA) is 51.2 Å². The van der Waals surface area contributed by atoms with Crippen molar-refractivity contribution in [2.75, 3.05) is 64.4 Å². The first-order chi connectivity index (χ1) is 18.1. The Hall–Kier alpha value is -2.12. The summed E-state index contributed by atoms with van der Waals surface area (Å²) in [6.45, 7) is 9.71. The van der Waals surface area contributed by atoms with Crippen LogP contribution >= 0.6 is 0 Å². The molecular weight excluding hydrogens is 460 g/mol. The van der Waals surface area contributed by atoms with Crippen molar-refractivity contribution >= 4 is 5.69 Å². The number of para-hydroxylation sites is 1. The maximum atomic E-state index is 10.6. The Labute approximate surface area is 223 Å². The maximum Gasteiger partial charge on any atom is 0.119 e. The normalized spacial score (nSPS) is 26.6. The number of rotatable bonds is 10. The van der Waals surface area contributed by atoms with Crippen molar-refractivity contribution in [3.05, 3.63) is 60.2 Å². The second kappa shape index (κ2) is 12.6. The Kier molecular flexibility index (Phi) is 9.03. The van der Waals surface area contributed by atoms with Crippen LogP contribution in [0.25, 0.3) is 0 Å². The third-order valence-corrected chi connectivity index (χ3v) is 8.76. The van der Waals surface area contributed by atoms with Crippen LogP contribution in [0.15, 0.2) is 54.6 Å². The number of hydrogen-bond donors (Lipinski definition) is 2. The SMILES string of the molecule is CCC(NC1CCC2CN(C)CC2C1)c1ccc(OCC(O)CN2CCN(c3ccccc3)CC2)cc1. The standard InChI is InChI=1S/C31H46N4O2/c1-3-31(32-27-12-9-25-20-33(2)21-26(25)19-27)24-10-13-30(14-11-24)37-23-29(36)22-34-15-17-35(18-16-34)28-7-5-4-6-8-28/h4-8,10-11,13-14,25-27,29,31-32,36H,3,9,12,15-23H2,1-2H3. The van der Waals surface area contributed by atoms with Gasteiger partial charge in [-0.3, -0.25) is 4.90 Å². The van der Waals surface area contributed by atoms with Gasteiger partial charge in [-0.15, -0.1) is 0 Å². The highest BCUT2D eigenvalue weighted by Crippen LogP contribution is 2.36. The first kappa shape index (κ1) is 26.5. The van der Waals surface area contributed by atoms with Gasteiger partial charge in [-0.25, -0.2) is 0 Å². The summed E-state index contributed by atoms with van der Waals surface area (Å²) in [5.41, 5.74) is 2.61. The Morgan fingerprint density at radius 3 is 2.41 bits per heavy atom. The lowest BCUT2D eigenvalue weighted by atomic mass is 9.79. The molecule has 0 amide bonds. The summed E-state index contributed by atoms with van der Waals surface area (Å²) in [4.78, 5) is 7.26. The van der Waals surface area contributed by atoms with Gasteiger partial charge in [-0.2, -0.15) is 0 Å². The van der Waals surface area contributed by atoms with Gasteiger partial charge in [-0.1, -0.05) is 37.3 Å². The molecule has 0 radical (unpaired) electrons. The van der Waals surface area contributed by atoms with E-state index < -0.39 is 6.10 Å². The van der Waals surface area contributed by atoms with E-state index in [1.54, 1.807) is 0 Å². The van der Waals surface area contributed by atoms with E-state index in [1.807, 2.05) is 0 Å². The molecule has 2 aliphatic heterocycles. The third-order valence-electron chi connectivity index (χ3n) is 8.76. The van der Waals surface area contributed by atoms with Crippen LogP contribution in [0.2, 0.25) is 0 Å². The molecule has 6 heteroatoms. The zero-order valence-corrected chi connectivity index (χ0v) is 22.8. The highest BCUT2D eigenvalue weighted by Gasteiger charge is 2.36. The summed E-state index contributed by atoms with van der Waals surface area (Å²) < 4.78 is 5.96. The predicted octanol–water partition coefficient (Wildman–Crippen LogP) is 4.02. The van der Waals surface area contributed by atoms with Gasteiger partial charge >= 0.3 is 0 Å². The quantitative estimate of drug-likeness (QED) is 0.508. The molecule has 2 aromatic rings. The fourth-order valence-corrected chi connectivity index (χ4v) is 6.72. The minimum absolute atomic E-state index is 0.326. The lowest BCUT2D eigenvalue weighted by molar-refractivity contribution is 0.0663. The molecule has 6 nitrogen and oxygen atoms in total. The molecule has 5 unspecified atom stereocenters. The molecule has 3 fully saturated rings. The van der Waals surface area contributed by atoms with Crippen LogP contribution in [-0.2, 0) is 0 Å². The average Bonchev–Trinajstić information content (AvgIpc) is 3.31. The fraction of sp³-hybridized carbons (Fsp3) is 0.613. The highest BCUT2D eigenvalue weighted by atomic mass is 16.5. The first-order valence-corrected chi connectivity index (χ1v) is 14.4. The Balaban J connectivity index is 1.04. The van der Waals surface area contributed by atoms with Gasteiger partial charge < -0.3 is 25.0 Å². The van der Waals surface area contributed by atoms with Crippen LogP contribution < -0.4 is 15.0 Å². The van der Waals surface area contributed by atoms with Crippen LogP contribution in [0, 0.1) is 11.8 Å². The van der Waals surface area contributed by atoms with Crippen LogP contribution in [0.5, 0.6) is 5.75 Å². The van der Waals surface area contributed by atoms with Crippen molar-refractivity contribution in [2.24, 2.45) is 11.8 Å². The molecule has 2 N–H and O–H groups in total. The number of anilines is 1. The molecule has 2 saturated heterocycles. The highest BCUT2D eigenvalue weighted by molar-refractivity contribution is 5.46. The molecule has 202 valence electrons. The molecule has 2 aromatic carbocycles. The van der Waals surface area contributed by atoms with Crippen LogP contribution in [0.3, 0.4) is 0 Å². The zero-order chi connectivity index (χ0) is 25.6. The number of nitrogens with one attached hydrogen (secondary N) is 1. The number of nitrogens with zero attached hydrogens (tertiary/aromatic N) is 3. The Morgan fingerprint density at radius 2 is 1.68 bits per heavy atom. The van der Waals surface area contributed by atoms with E-state index in [4.69, 9.17) is 4.74 Å². The summed E-state index contributed by atoms with van der Waals surface area (Å²) in [7, 11) is 2.27. The van der Waals surface area contributed by atoms with Crippen molar-refractivity contribution in [3.63, 3.8) is 0 Å². The molecule has 1 aliphatic carbocycles. The molecule has 1 saturated carbocycles. The molecule has 5 rings (SSSR count). The van der Waals surface area contributed by atoms with Gasteiger partial charge in [0, 0.05) is 63.6 Å². The van der Waals surface area contributed by atoms with E-state index >= 15 is 0 Å². The van der Waals surface area contributed by atoms with E-state index in [1.165, 1.54) is 43.6 Å². The zero-order valence-electron chi connectivity index (χ0n) is 22.8. The van der Waals surface area contributed by atoms with E-state index in [0.717, 1.165) is 50.2 Å². The monoisotopic (exact) mass is 506 g/mol. The van der Waals surface area contributed by atoms with Crippen molar-refractivity contribution in [3.8, 4) is 5.75 Å². The number of ether oxygens (including phenoxy) is 1. The molecule has 37 heavy (non-hydrogen) atoms. The second-order valence-corrected chi connectivity index (χ2v) is 11.5. The number of benzene rings is 2. The van der Waals surface area contributed by atoms with Gasteiger partial charge in [0.1, 0.15) is 18.5 Å². The number of aliphatic hydroxyl groups is 1. The molecule has 5 atom stereocenters. The summed E-state index contributed by atoms with van der Waals surface area (Å²) in [5.74, 6) is 2.61. The lowest BCUT2D eigenvalue weighted by Gasteiger charge is -2.36. The van der Waals surface area contributed by atoms with Crippen molar-refractivity contribution < 1.29 is 9.84 Å². The maximum absolute atomic E-state index is 10.6. The number of likely N-dealkylation sites (tertiary alicyclic amines) is 1. The summed E-state index contributed by atoms with van der Waals surface area (Å²) in [6, 6.07) is 20.1. The number of fused-ring (bicyclic) bond motifs is 1. The lowest BCUT2D eigenvalue weighted by Crippen LogP contribution is -2.49. The van der Waals surface area contributed by atoms with Crippen LogP contribution in [0.4, 0.5) is 5.69 Å². The predicted molar refractivity (Wildman–Crippen MR) is 151 cm³/mol. The smallest absolute Gasteiger partial charge is 0.119 e. The second-order valence-electron chi connectivity index (χ2n) is 11.5. The number of β-amino-alcohol motifs (C(OH)–C–C–N with tert-alkyl or cyclic N) is 1. The van der Waals surface area contributed by atoms with Crippen molar-refractivity contribution in [1.82, 2.24) is 15.1 Å². The number of aliphatic hydroxyl groups excluding tert-OH is 1. The third kappa shape index (κ3) is 7.05. The molecular formula is C31H46N4O2. The minimum Gasteiger partial charge on any atom is -0.491 e. The Morgan fingerprint density at radius 1 is 0.946 bits per heavy atom. The van der Waals surface area contributed by atoms with E-state index in [0.29, 0.717) is 25.2 Å². The Bertz CT molecular complexity index is 947. The average molecular weight is 507 g/mol. The van der Waals surface area contributed by atoms with Crippen molar-refractivity contribution in [2.45, 2.75) is 50.8 Å². The van der Waals surface area contributed by atoms with E-state index in [2.05, 4.69) is 88.6 Å². The van der Waals surface area contributed by atoms with Gasteiger partial charge in [-0.05, 0) is 74.4 Å². The molecule has 3 aliphatic rings. The first-order valence-electron chi connectivity index (χ1n) is 14.4. The molecule has 2 heterocycles. The summed E-state index contributed by atoms with van der Waals surface area (Å²) >= 11 is 0. The van der Waals surface area contributed by atoms with Crippen LogP contribution in [0.1, 0.15) is 44.2 Å². The van der Waals surface area contributed by atoms with E-state index in [-0.39, 0.29) is 0 Å².